The van der Waals surface area contributed by atoms with Gasteiger partial charge in [0.25, 0.3) is 0 Å². The standard InChI is InChI=1S/C16H16ClFN2O3S.C16H15ClFNO4S/c1-24(22,23)20(15-5-3-2-4-13(15)17)10-12-7-6-11(8-14(12)18)16(21)9-19;1-23-16(20)11-7-8-12(14(18)9-11)10-19(24(2,21)22)15-6-4-3-5-13(15)17/h2-8H,9-10,19H2,1H3;3-9H,10H2,1-2H3. The van der Waals surface area contributed by atoms with Crippen molar-refractivity contribution in [3.8, 4) is 0 Å². The van der Waals surface area contributed by atoms with Crippen molar-refractivity contribution in [2.45, 2.75) is 13.1 Å². The maximum atomic E-state index is 14.3. The van der Waals surface area contributed by atoms with Crippen LogP contribution in [0.3, 0.4) is 0 Å². The van der Waals surface area contributed by atoms with Gasteiger partial charge < -0.3 is 10.5 Å². The molecule has 0 heterocycles. The molecular weight excluding hydrogens is 711 g/mol. The predicted octanol–water partition coefficient (Wildman–Crippen LogP) is 5.82. The van der Waals surface area contributed by atoms with Crippen LogP contribution in [0.15, 0.2) is 84.9 Å². The van der Waals surface area contributed by atoms with Crippen molar-refractivity contribution < 1.29 is 39.9 Å². The van der Waals surface area contributed by atoms with E-state index >= 15 is 0 Å². The molecule has 4 aromatic rings. The number of hydrogen-bond donors (Lipinski definition) is 1. The van der Waals surface area contributed by atoms with Crippen molar-refractivity contribution in [3.63, 3.8) is 0 Å². The van der Waals surface area contributed by atoms with Gasteiger partial charge in [0.05, 0.1) is 66.2 Å². The number of para-hydroxylation sites is 2. The van der Waals surface area contributed by atoms with Crippen LogP contribution in [0.1, 0.15) is 31.8 Å². The molecule has 0 aromatic heterocycles. The van der Waals surface area contributed by atoms with Crippen molar-refractivity contribution in [3.05, 3.63) is 129 Å². The Labute approximate surface area is 287 Å². The topological polar surface area (TPSA) is 144 Å². The van der Waals surface area contributed by atoms with Gasteiger partial charge in [-0.05, 0) is 42.5 Å². The summed E-state index contributed by atoms with van der Waals surface area (Å²) in [7, 11) is -6.20. The van der Waals surface area contributed by atoms with E-state index in [0.29, 0.717) is 0 Å². The third-order valence-corrected chi connectivity index (χ3v) is 9.60. The zero-order valence-electron chi connectivity index (χ0n) is 25.9. The van der Waals surface area contributed by atoms with Crippen molar-refractivity contribution in [2.75, 3.05) is 34.8 Å². The van der Waals surface area contributed by atoms with E-state index in [4.69, 9.17) is 28.9 Å². The number of nitrogens with zero attached hydrogens (tertiary/aromatic N) is 2. The number of nitrogens with two attached hydrogens (primary N) is 1. The number of esters is 1. The fourth-order valence-corrected chi connectivity index (χ4v) is 6.62. The van der Waals surface area contributed by atoms with Gasteiger partial charge >= 0.3 is 5.97 Å². The minimum absolute atomic E-state index is 0.0439. The van der Waals surface area contributed by atoms with E-state index < -0.39 is 43.4 Å². The molecule has 0 spiro atoms. The lowest BCUT2D eigenvalue weighted by Crippen LogP contribution is -2.30. The van der Waals surface area contributed by atoms with Gasteiger partial charge in [0, 0.05) is 16.7 Å². The molecule has 0 fully saturated rings. The summed E-state index contributed by atoms with van der Waals surface area (Å²) in [5, 5.41) is 0.466. The lowest BCUT2D eigenvalue weighted by atomic mass is 10.1. The van der Waals surface area contributed by atoms with E-state index in [2.05, 4.69) is 4.74 Å². The molecule has 0 atom stereocenters. The Kier molecular flexibility index (Phi) is 13.1. The van der Waals surface area contributed by atoms with Crippen molar-refractivity contribution in [1.82, 2.24) is 0 Å². The Hall–Kier alpha value is -4.08. The second-order valence-electron chi connectivity index (χ2n) is 10.2. The van der Waals surface area contributed by atoms with Crippen LogP contribution in [-0.2, 0) is 37.9 Å². The second kappa shape index (κ2) is 16.3. The molecule has 16 heteroatoms. The molecule has 10 nitrogen and oxygen atoms in total. The normalized spacial score (nSPS) is 11.2. The monoisotopic (exact) mass is 741 g/mol. The minimum atomic E-state index is -3.70. The highest BCUT2D eigenvalue weighted by molar-refractivity contribution is 7.92. The molecule has 256 valence electrons. The van der Waals surface area contributed by atoms with E-state index in [0.717, 1.165) is 33.3 Å². The fourth-order valence-electron chi connectivity index (χ4n) is 4.27. The zero-order chi connectivity index (χ0) is 35.8. The smallest absolute Gasteiger partial charge is 0.337 e. The number of halogens is 4. The Bertz CT molecular complexity index is 1890. The lowest BCUT2D eigenvalue weighted by Gasteiger charge is -2.23. The number of ether oxygens (including phenoxy) is 1. The van der Waals surface area contributed by atoms with E-state index in [1.165, 1.54) is 43.5 Å². The van der Waals surface area contributed by atoms with Crippen LogP contribution in [0.5, 0.6) is 0 Å². The van der Waals surface area contributed by atoms with Gasteiger partial charge in [-0.3, -0.25) is 13.4 Å². The van der Waals surface area contributed by atoms with E-state index in [1.807, 2.05) is 0 Å². The number of sulfonamides is 2. The quantitative estimate of drug-likeness (QED) is 0.150. The first kappa shape index (κ1) is 38.4. The number of methoxy groups -OCH3 is 1. The number of anilines is 2. The third-order valence-electron chi connectivity index (χ3n) is 6.71. The van der Waals surface area contributed by atoms with Crippen molar-refractivity contribution in [1.29, 1.82) is 0 Å². The van der Waals surface area contributed by atoms with E-state index in [-0.39, 0.29) is 63.3 Å². The summed E-state index contributed by atoms with van der Waals surface area (Å²) >= 11 is 12.1. The highest BCUT2D eigenvalue weighted by Gasteiger charge is 2.23. The molecule has 0 aliphatic rings. The molecule has 4 rings (SSSR count). The number of benzene rings is 4. The zero-order valence-corrected chi connectivity index (χ0v) is 29.0. The van der Waals surface area contributed by atoms with Crippen LogP contribution in [0.25, 0.3) is 0 Å². The molecule has 0 saturated heterocycles. The van der Waals surface area contributed by atoms with Crippen LogP contribution in [0.4, 0.5) is 20.2 Å². The summed E-state index contributed by atoms with van der Waals surface area (Å²) in [4.78, 5) is 22.9. The summed E-state index contributed by atoms with van der Waals surface area (Å²) in [6, 6.07) is 20.3. The Morgan fingerprint density at radius 3 is 1.46 bits per heavy atom. The van der Waals surface area contributed by atoms with Crippen molar-refractivity contribution >= 4 is 66.4 Å². The third kappa shape index (κ3) is 9.97. The number of hydrogen-bond acceptors (Lipinski definition) is 8. The largest absolute Gasteiger partial charge is 0.465 e. The van der Waals surface area contributed by atoms with Gasteiger partial charge in [0.2, 0.25) is 20.0 Å². The van der Waals surface area contributed by atoms with Gasteiger partial charge in [-0.25, -0.2) is 30.4 Å². The first-order valence-electron chi connectivity index (χ1n) is 13.8. The van der Waals surface area contributed by atoms with Gasteiger partial charge in [0.15, 0.2) is 5.78 Å². The Morgan fingerprint density at radius 2 is 1.10 bits per heavy atom. The Morgan fingerprint density at radius 1 is 0.708 bits per heavy atom. The molecule has 0 unspecified atom stereocenters. The summed E-state index contributed by atoms with van der Waals surface area (Å²) in [6.07, 6.45) is 2.03. The fraction of sp³-hybridized carbons (Fsp3) is 0.188. The molecule has 0 radical (unpaired) electrons. The van der Waals surface area contributed by atoms with Gasteiger partial charge in [-0.2, -0.15) is 0 Å². The average Bonchev–Trinajstić information content (AvgIpc) is 3.03. The van der Waals surface area contributed by atoms with Gasteiger partial charge in [-0.1, -0.05) is 65.7 Å². The number of carbonyl (C=O) groups excluding carboxylic acids is 2. The molecule has 0 bridgehead atoms. The highest BCUT2D eigenvalue weighted by Crippen LogP contribution is 2.30. The summed E-state index contributed by atoms with van der Waals surface area (Å²) in [5.74, 6) is -2.47. The van der Waals surface area contributed by atoms with Crippen LogP contribution in [-0.4, -0.2) is 54.8 Å². The van der Waals surface area contributed by atoms with E-state index in [1.54, 1.807) is 36.4 Å². The molecule has 2 N–H and O–H groups in total. The minimum Gasteiger partial charge on any atom is -0.465 e. The summed E-state index contributed by atoms with van der Waals surface area (Å²) in [5.41, 5.74) is 6.16. The second-order valence-corrected chi connectivity index (χ2v) is 14.8. The first-order valence-corrected chi connectivity index (χ1v) is 18.3. The van der Waals surface area contributed by atoms with Gasteiger partial charge in [-0.15, -0.1) is 0 Å². The van der Waals surface area contributed by atoms with Crippen LogP contribution in [0.2, 0.25) is 10.0 Å². The lowest BCUT2D eigenvalue weighted by molar-refractivity contribution is 0.0600. The van der Waals surface area contributed by atoms with Crippen molar-refractivity contribution in [2.24, 2.45) is 5.73 Å². The molecule has 0 aliphatic carbocycles. The molecule has 0 amide bonds. The van der Waals surface area contributed by atoms with Gasteiger partial charge in [0.1, 0.15) is 11.6 Å². The number of Topliss-reactive ketones (excluding diaryl/α,β-unsaturated/α-hetero) is 1. The Balaban J connectivity index is 0.000000260. The maximum absolute atomic E-state index is 14.3. The highest BCUT2D eigenvalue weighted by atomic mass is 35.5. The van der Waals surface area contributed by atoms with Crippen LogP contribution in [0, 0.1) is 11.6 Å². The molecule has 0 aliphatic heterocycles. The van der Waals surface area contributed by atoms with E-state index in [9.17, 15) is 35.2 Å². The SMILES string of the molecule is COC(=O)c1ccc(CN(c2ccccc2Cl)S(C)(=O)=O)c(F)c1.CS(=O)(=O)N(Cc1ccc(C(=O)CN)cc1F)c1ccccc1Cl. The first-order chi connectivity index (χ1) is 22.5. The predicted molar refractivity (Wildman–Crippen MR) is 182 cm³/mol. The van der Waals surface area contributed by atoms with Crippen LogP contribution >= 0.6 is 23.2 Å². The average molecular weight is 743 g/mol. The number of rotatable bonds is 11. The molecule has 4 aromatic carbocycles. The summed E-state index contributed by atoms with van der Waals surface area (Å²) in [6.45, 7) is -0.727. The maximum Gasteiger partial charge on any atom is 0.337 e. The van der Waals surface area contributed by atoms with Crippen LogP contribution < -0.4 is 14.3 Å². The number of carbonyl (C=O) groups is 2. The molecular formula is C32H31Cl2F2N3O7S2. The molecule has 0 saturated carbocycles. The summed E-state index contributed by atoms with van der Waals surface area (Å²) < 4.78 is 83.4. The number of ketones is 1. The molecule has 48 heavy (non-hydrogen) atoms.